The van der Waals surface area contributed by atoms with Crippen LogP contribution in [0.15, 0.2) is 28.7 Å². The van der Waals surface area contributed by atoms with E-state index in [-0.39, 0.29) is 0 Å². The fourth-order valence-electron chi connectivity index (χ4n) is 2.36. The molecule has 1 aliphatic rings. The van der Waals surface area contributed by atoms with Gasteiger partial charge in [0.05, 0.1) is 5.52 Å². The molecule has 0 spiro atoms. The van der Waals surface area contributed by atoms with Gasteiger partial charge in [-0.05, 0) is 65.2 Å². The monoisotopic (exact) mass is 290 g/mol. The molecular weight excluding hydrogens is 276 g/mol. The van der Waals surface area contributed by atoms with Crippen molar-refractivity contribution in [3.8, 4) is 0 Å². The molecule has 0 bridgehead atoms. The smallest absolute Gasteiger partial charge is 0.0603 e. The molecule has 1 aromatic heterocycles. The zero-order valence-electron chi connectivity index (χ0n) is 9.81. The minimum absolute atomic E-state index is 0.962. The Kier molecular flexibility index (Phi) is 2.81. The molecule has 3 rings (SSSR count). The van der Waals surface area contributed by atoms with Crippen molar-refractivity contribution in [3.63, 3.8) is 0 Å². The number of hydrogen-bond acceptors (Lipinski definition) is 1. The molecule has 1 aliphatic heterocycles. The summed E-state index contributed by atoms with van der Waals surface area (Å²) in [6, 6.07) is 6.61. The second-order valence-corrected chi connectivity index (χ2v) is 5.44. The molecule has 17 heavy (non-hydrogen) atoms. The highest BCUT2D eigenvalue weighted by Gasteiger charge is 2.10. The summed E-state index contributed by atoms with van der Waals surface area (Å²) < 4.78 is 1.14. The van der Waals surface area contributed by atoms with E-state index in [9.17, 15) is 0 Å². The van der Waals surface area contributed by atoms with Crippen LogP contribution >= 0.6 is 15.9 Å². The van der Waals surface area contributed by atoms with Gasteiger partial charge in [0, 0.05) is 22.1 Å². The highest BCUT2D eigenvalue weighted by Crippen LogP contribution is 2.28. The van der Waals surface area contributed by atoms with Crippen molar-refractivity contribution in [2.45, 2.75) is 13.3 Å². The minimum atomic E-state index is 0.962. The van der Waals surface area contributed by atoms with E-state index < -0.39 is 0 Å². The van der Waals surface area contributed by atoms with E-state index in [1.54, 1.807) is 0 Å². The van der Waals surface area contributed by atoms with Crippen molar-refractivity contribution in [3.05, 3.63) is 40.0 Å². The lowest BCUT2D eigenvalue weighted by atomic mass is 10.1. The van der Waals surface area contributed by atoms with Crippen LogP contribution in [0.3, 0.4) is 0 Å². The van der Waals surface area contributed by atoms with Gasteiger partial charge in [-0.2, -0.15) is 0 Å². The van der Waals surface area contributed by atoms with Crippen molar-refractivity contribution < 1.29 is 0 Å². The predicted molar refractivity (Wildman–Crippen MR) is 76.2 cm³/mol. The lowest BCUT2D eigenvalue weighted by Crippen LogP contribution is -2.21. The van der Waals surface area contributed by atoms with Crippen LogP contribution in [0.4, 0.5) is 0 Å². The number of fused-ring (bicyclic) bond motifs is 1. The summed E-state index contributed by atoms with van der Waals surface area (Å²) in [6.45, 7) is 4.17. The number of aryl methyl sites for hydroxylation is 1. The van der Waals surface area contributed by atoms with Gasteiger partial charge in [-0.1, -0.05) is 6.08 Å². The fraction of sp³-hybridized carbons (Fsp3) is 0.286. The van der Waals surface area contributed by atoms with E-state index in [1.165, 1.54) is 27.7 Å². The third kappa shape index (κ3) is 2.05. The molecule has 0 amide bonds. The number of halogens is 1. The summed E-state index contributed by atoms with van der Waals surface area (Å²) in [5.74, 6) is 0. The van der Waals surface area contributed by atoms with E-state index in [0.29, 0.717) is 0 Å². The lowest BCUT2D eigenvalue weighted by molar-refractivity contribution is 0.738. The number of aromatic amines is 1. The van der Waals surface area contributed by atoms with Crippen LogP contribution in [-0.2, 0) is 0 Å². The van der Waals surface area contributed by atoms with Gasteiger partial charge in [0.25, 0.3) is 0 Å². The average Bonchev–Trinajstić information content (AvgIpc) is 2.74. The Hall–Kier alpha value is -1.06. The Bertz CT molecular complexity index is 596. The zero-order chi connectivity index (χ0) is 11.8. The fourth-order valence-corrected chi connectivity index (χ4v) is 3.05. The number of nitrogens with one attached hydrogen (secondary N) is 2. The molecule has 1 aromatic carbocycles. The molecule has 88 valence electrons. The first-order valence-electron chi connectivity index (χ1n) is 5.93. The van der Waals surface area contributed by atoms with E-state index in [1.807, 2.05) is 0 Å². The number of rotatable bonds is 1. The lowest BCUT2D eigenvalue weighted by Gasteiger charge is -2.12. The van der Waals surface area contributed by atoms with Gasteiger partial charge in [-0.3, -0.25) is 0 Å². The van der Waals surface area contributed by atoms with Crippen molar-refractivity contribution in [1.82, 2.24) is 10.3 Å². The van der Waals surface area contributed by atoms with Crippen LogP contribution in [0.5, 0.6) is 0 Å². The van der Waals surface area contributed by atoms with Gasteiger partial charge < -0.3 is 10.3 Å². The Morgan fingerprint density at radius 3 is 2.88 bits per heavy atom. The Labute approximate surface area is 109 Å². The normalized spacial score (nSPS) is 16.2. The molecule has 2 nitrogen and oxygen atoms in total. The number of H-pyrrole nitrogens is 1. The molecule has 3 heteroatoms. The second-order valence-electron chi connectivity index (χ2n) is 4.59. The summed E-state index contributed by atoms with van der Waals surface area (Å²) in [5.41, 5.74) is 5.08. The van der Waals surface area contributed by atoms with Gasteiger partial charge in [0.1, 0.15) is 0 Å². The molecule has 0 fully saturated rings. The molecule has 2 aromatic rings. The van der Waals surface area contributed by atoms with Crippen LogP contribution < -0.4 is 5.32 Å². The Morgan fingerprint density at radius 2 is 2.12 bits per heavy atom. The standard InChI is InChI=1S/C14H15BrN2/c1-9-5-11-7-13(10-3-2-4-16-8-10)17-14(11)12(15)6-9/h3,5-7,16-17H,2,4,8H2,1H3. The van der Waals surface area contributed by atoms with E-state index in [4.69, 9.17) is 0 Å². The maximum Gasteiger partial charge on any atom is 0.0603 e. The molecular formula is C14H15BrN2. The van der Waals surface area contributed by atoms with Crippen molar-refractivity contribution in [2.24, 2.45) is 0 Å². The summed E-state index contributed by atoms with van der Waals surface area (Å²) >= 11 is 3.62. The molecule has 2 heterocycles. The van der Waals surface area contributed by atoms with Gasteiger partial charge in [0.15, 0.2) is 0 Å². The minimum Gasteiger partial charge on any atom is -0.354 e. The number of benzene rings is 1. The molecule has 0 unspecified atom stereocenters. The number of hydrogen-bond donors (Lipinski definition) is 2. The molecule has 0 saturated heterocycles. The SMILES string of the molecule is Cc1cc(Br)c2[nH]c(C3=CCCNC3)cc2c1. The van der Waals surface area contributed by atoms with Gasteiger partial charge >= 0.3 is 0 Å². The molecule has 0 atom stereocenters. The Morgan fingerprint density at radius 1 is 1.24 bits per heavy atom. The average molecular weight is 291 g/mol. The summed E-state index contributed by atoms with van der Waals surface area (Å²) in [4.78, 5) is 3.51. The highest BCUT2D eigenvalue weighted by molar-refractivity contribution is 9.10. The van der Waals surface area contributed by atoms with Gasteiger partial charge in [0.2, 0.25) is 0 Å². The molecule has 0 saturated carbocycles. The first-order chi connectivity index (χ1) is 8.24. The third-order valence-corrected chi connectivity index (χ3v) is 3.82. The van der Waals surface area contributed by atoms with Gasteiger partial charge in [-0.25, -0.2) is 0 Å². The topological polar surface area (TPSA) is 27.8 Å². The third-order valence-electron chi connectivity index (χ3n) is 3.20. The van der Waals surface area contributed by atoms with Crippen LogP contribution in [0.25, 0.3) is 16.5 Å². The quantitative estimate of drug-likeness (QED) is 0.825. The van der Waals surface area contributed by atoms with Crippen LogP contribution in [0.1, 0.15) is 17.7 Å². The maximum absolute atomic E-state index is 3.62. The summed E-state index contributed by atoms with van der Waals surface area (Å²) in [7, 11) is 0. The first kappa shape index (κ1) is 11.1. The Balaban J connectivity index is 2.13. The van der Waals surface area contributed by atoms with Crippen LogP contribution in [0, 0.1) is 6.92 Å². The first-order valence-corrected chi connectivity index (χ1v) is 6.72. The van der Waals surface area contributed by atoms with Crippen molar-refractivity contribution in [1.29, 1.82) is 0 Å². The number of aromatic nitrogens is 1. The van der Waals surface area contributed by atoms with Gasteiger partial charge in [-0.15, -0.1) is 0 Å². The predicted octanol–water partition coefficient (Wildman–Crippen LogP) is 3.62. The highest BCUT2D eigenvalue weighted by atomic mass is 79.9. The van der Waals surface area contributed by atoms with Crippen LogP contribution in [0.2, 0.25) is 0 Å². The van der Waals surface area contributed by atoms with Crippen molar-refractivity contribution in [2.75, 3.05) is 13.1 Å². The maximum atomic E-state index is 3.62. The summed E-state index contributed by atoms with van der Waals surface area (Å²) in [5, 5.41) is 4.68. The summed E-state index contributed by atoms with van der Waals surface area (Å²) in [6.07, 6.45) is 3.44. The van der Waals surface area contributed by atoms with Crippen LogP contribution in [-0.4, -0.2) is 18.1 Å². The van der Waals surface area contributed by atoms with E-state index >= 15 is 0 Å². The molecule has 0 aliphatic carbocycles. The van der Waals surface area contributed by atoms with E-state index in [0.717, 1.165) is 24.0 Å². The van der Waals surface area contributed by atoms with Crippen molar-refractivity contribution >= 4 is 32.4 Å². The largest absolute Gasteiger partial charge is 0.354 e. The zero-order valence-corrected chi connectivity index (χ0v) is 11.4. The molecule has 0 radical (unpaired) electrons. The van der Waals surface area contributed by atoms with E-state index in [2.05, 4.69) is 57.4 Å². The second kappa shape index (κ2) is 4.31. The molecule has 2 N–H and O–H groups in total.